The van der Waals surface area contributed by atoms with E-state index in [0.29, 0.717) is 15.9 Å². The Hall–Kier alpha value is -2.67. The van der Waals surface area contributed by atoms with Crippen LogP contribution >= 0.6 is 22.9 Å². The summed E-state index contributed by atoms with van der Waals surface area (Å²) in [6.07, 6.45) is 6.62. The number of aryl methyl sites for hydroxylation is 1. The average Bonchev–Trinajstić information content (AvgIpc) is 3.42. The van der Waals surface area contributed by atoms with E-state index in [1.165, 1.54) is 53.9 Å². The molecule has 1 saturated carbocycles. The summed E-state index contributed by atoms with van der Waals surface area (Å²) < 4.78 is 1.89. The summed E-state index contributed by atoms with van der Waals surface area (Å²) >= 11 is 7.52. The molecule has 0 bridgehead atoms. The number of carbonyl (C=O) groups excluding carboxylic acids is 1. The lowest BCUT2D eigenvalue weighted by Gasteiger charge is -2.28. The second-order valence-corrected chi connectivity index (χ2v) is 10.7. The zero-order chi connectivity index (χ0) is 23.7. The summed E-state index contributed by atoms with van der Waals surface area (Å²) in [6, 6.07) is 18.4. The fourth-order valence-electron chi connectivity index (χ4n) is 4.94. The van der Waals surface area contributed by atoms with Crippen LogP contribution in [0.3, 0.4) is 0 Å². The molecule has 0 saturated heterocycles. The highest BCUT2D eigenvalue weighted by Gasteiger charge is 2.23. The number of benzene rings is 2. The van der Waals surface area contributed by atoms with Gasteiger partial charge in [-0.3, -0.25) is 4.79 Å². The molecule has 2 N–H and O–H groups in total. The highest BCUT2D eigenvalue weighted by atomic mass is 35.5. The first-order valence-electron chi connectivity index (χ1n) is 12.0. The quantitative estimate of drug-likeness (QED) is 0.364. The normalized spacial score (nSPS) is 15.5. The Bertz CT molecular complexity index is 1300. The highest BCUT2D eigenvalue weighted by Crippen LogP contribution is 2.31. The van der Waals surface area contributed by atoms with Crippen LogP contribution in [0.2, 0.25) is 5.02 Å². The van der Waals surface area contributed by atoms with Crippen molar-refractivity contribution in [3.8, 4) is 5.69 Å². The van der Waals surface area contributed by atoms with E-state index in [-0.39, 0.29) is 5.91 Å². The third kappa shape index (κ3) is 4.76. The van der Waals surface area contributed by atoms with Gasteiger partial charge in [-0.05, 0) is 69.0 Å². The Morgan fingerprint density at radius 1 is 1.15 bits per heavy atom. The number of hydrogen-bond acceptors (Lipinski definition) is 3. The van der Waals surface area contributed by atoms with E-state index in [4.69, 9.17) is 11.6 Å². The van der Waals surface area contributed by atoms with E-state index >= 15 is 0 Å². The van der Waals surface area contributed by atoms with Crippen molar-refractivity contribution in [2.75, 3.05) is 12.4 Å². The number of rotatable bonds is 6. The first-order valence-corrected chi connectivity index (χ1v) is 13.2. The number of hydrogen-bond donors (Lipinski definition) is 2. The molecule has 1 atom stereocenters. The van der Waals surface area contributed by atoms with Gasteiger partial charge in [-0.15, -0.1) is 11.3 Å². The molecule has 1 aliphatic carbocycles. The number of nitrogens with one attached hydrogen (secondary N) is 2. The third-order valence-corrected chi connectivity index (χ3v) is 8.24. The molecule has 2 aromatic carbocycles. The number of amides is 1. The molecule has 2 heterocycles. The van der Waals surface area contributed by atoms with Crippen molar-refractivity contribution in [3.05, 3.63) is 75.8 Å². The van der Waals surface area contributed by atoms with E-state index < -0.39 is 0 Å². The van der Waals surface area contributed by atoms with Gasteiger partial charge in [-0.25, -0.2) is 4.68 Å². The fraction of sp³-hybridized carbons (Fsp3) is 0.333. The fourth-order valence-corrected chi connectivity index (χ4v) is 6.14. The van der Waals surface area contributed by atoms with Crippen LogP contribution in [0.15, 0.2) is 54.6 Å². The maximum absolute atomic E-state index is 13.3. The van der Waals surface area contributed by atoms with Gasteiger partial charge in [0.2, 0.25) is 0 Å². The molecule has 1 unspecified atom stereocenters. The number of carbonyl (C=O) groups is 1. The predicted molar refractivity (Wildman–Crippen MR) is 141 cm³/mol. The maximum atomic E-state index is 13.3. The minimum absolute atomic E-state index is 0.0778. The lowest BCUT2D eigenvalue weighted by atomic mass is 9.94. The molecular formula is C27H30ClN4OS+. The van der Waals surface area contributed by atoms with Crippen molar-refractivity contribution in [2.24, 2.45) is 0 Å². The van der Waals surface area contributed by atoms with Gasteiger partial charge in [0.25, 0.3) is 5.91 Å². The molecular weight excluding hydrogens is 464 g/mol. The first kappa shape index (κ1) is 23.1. The van der Waals surface area contributed by atoms with Crippen LogP contribution in [0.1, 0.15) is 53.0 Å². The summed E-state index contributed by atoms with van der Waals surface area (Å²) in [6.45, 7) is 2.89. The van der Waals surface area contributed by atoms with Gasteiger partial charge in [-0.2, -0.15) is 5.10 Å². The molecule has 1 fully saturated rings. The Morgan fingerprint density at radius 2 is 1.88 bits per heavy atom. The molecule has 0 spiro atoms. The van der Waals surface area contributed by atoms with E-state index in [1.54, 1.807) is 0 Å². The Morgan fingerprint density at radius 3 is 2.65 bits per heavy atom. The third-order valence-electron chi connectivity index (χ3n) is 6.88. The van der Waals surface area contributed by atoms with E-state index in [0.717, 1.165) is 33.8 Å². The van der Waals surface area contributed by atoms with Crippen molar-refractivity contribution in [1.29, 1.82) is 0 Å². The van der Waals surface area contributed by atoms with Crippen LogP contribution in [-0.2, 0) is 6.54 Å². The number of aromatic nitrogens is 2. The van der Waals surface area contributed by atoms with Crippen molar-refractivity contribution < 1.29 is 9.69 Å². The zero-order valence-electron chi connectivity index (χ0n) is 19.6. The minimum Gasteiger partial charge on any atom is -0.331 e. The van der Waals surface area contributed by atoms with Crippen molar-refractivity contribution in [1.82, 2.24) is 9.78 Å². The number of thiophene rings is 1. The highest BCUT2D eigenvalue weighted by molar-refractivity contribution is 7.20. The summed E-state index contributed by atoms with van der Waals surface area (Å²) in [4.78, 5) is 16.4. The first-order chi connectivity index (χ1) is 16.5. The molecule has 5 rings (SSSR count). The molecule has 0 aliphatic heterocycles. The molecule has 5 nitrogen and oxygen atoms in total. The summed E-state index contributed by atoms with van der Waals surface area (Å²) in [5.74, 6) is -0.0778. The number of halogens is 1. The second-order valence-electron chi connectivity index (χ2n) is 9.27. The number of nitrogens with zero attached hydrogens (tertiary/aromatic N) is 2. The van der Waals surface area contributed by atoms with Crippen LogP contribution in [-0.4, -0.2) is 28.8 Å². The predicted octanol–water partition coefficient (Wildman–Crippen LogP) is 5.65. The summed E-state index contributed by atoms with van der Waals surface area (Å²) in [7, 11) is 2.28. The largest absolute Gasteiger partial charge is 0.331 e. The van der Waals surface area contributed by atoms with Gasteiger partial charge in [0.15, 0.2) is 0 Å². The van der Waals surface area contributed by atoms with Crippen molar-refractivity contribution in [2.45, 2.75) is 51.6 Å². The average molecular weight is 494 g/mol. The number of anilines is 1. The van der Waals surface area contributed by atoms with Gasteiger partial charge < -0.3 is 10.2 Å². The standard InChI is InChI=1S/C27H29ClN4OS/c1-18-23-16-25(34-27(23)32(30-18)22-14-12-20(28)13-15-22)26(33)29-24-11-7-6-8-19(24)17-31(2)21-9-4-3-5-10-21/h6-8,11-16,21H,3-5,9-10,17H2,1-2H3,(H,29,33)/p+1. The van der Waals surface area contributed by atoms with Crippen molar-refractivity contribution >= 4 is 44.7 Å². The number of fused-ring (bicyclic) bond motifs is 1. The van der Waals surface area contributed by atoms with Crippen LogP contribution < -0.4 is 10.2 Å². The molecule has 1 amide bonds. The molecule has 176 valence electrons. The Labute approximate surface area is 209 Å². The van der Waals surface area contributed by atoms with Gasteiger partial charge in [-0.1, -0.05) is 36.2 Å². The van der Waals surface area contributed by atoms with Crippen molar-refractivity contribution in [3.63, 3.8) is 0 Å². The van der Waals surface area contributed by atoms with Crippen LogP contribution in [0, 0.1) is 6.92 Å². The lowest BCUT2D eigenvalue weighted by Crippen LogP contribution is -3.11. The Balaban J connectivity index is 1.37. The van der Waals surface area contributed by atoms with Crippen LogP contribution in [0.25, 0.3) is 15.9 Å². The Kier molecular flexibility index (Phi) is 6.73. The van der Waals surface area contributed by atoms with Gasteiger partial charge in [0.05, 0.1) is 29.3 Å². The van der Waals surface area contributed by atoms with Gasteiger partial charge in [0, 0.05) is 21.7 Å². The zero-order valence-corrected chi connectivity index (χ0v) is 21.2. The maximum Gasteiger partial charge on any atom is 0.265 e. The van der Waals surface area contributed by atoms with Crippen LogP contribution in [0.5, 0.6) is 0 Å². The molecule has 1 aliphatic rings. The van der Waals surface area contributed by atoms with Gasteiger partial charge in [0.1, 0.15) is 11.4 Å². The SMILES string of the molecule is Cc1nn(-c2ccc(Cl)cc2)c2sc(C(=O)Nc3ccccc3C[NH+](C)C3CCCCC3)cc12. The molecule has 7 heteroatoms. The van der Waals surface area contributed by atoms with E-state index in [2.05, 4.69) is 29.6 Å². The summed E-state index contributed by atoms with van der Waals surface area (Å²) in [5.41, 5.74) is 3.91. The lowest BCUT2D eigenvalue weighted by molar-refractivity contribution is -0.921. The second kappa shape index (κ2) is 9.90. The molecule has 4 aromatic rings. The molecule has 2 aromatic heterocycles. The smallest absolute Gasteiger partial charge is 0.265 e. The number of para-hydroxylation sites is 1. The number of quaternary nitrogens is 1. The molecule has 0 radical (unpaired) electrons. The van der Waals surface area contributed by atoms with Gasteiger partial charge >= 0.3 is 0 Å². The molecule has 34 heavy (non-hydrogen) atoms. The van der Waals surface area contributed by atoms with E-state index in [9.17, 15) is 4.79 Å². The van der Waals surface area contributed by atoms with Crippen LogP contribution in [0.4, 0.5) is 5.69 Å². The monoisotopic (exact) mass is 493 g/mol. The minimum atomic E-state index is -0.0778. The topological polar surface area (TPSA) is 51.4 Å². The van der Waals surface area contributed by atoms with E-state index in [1.807, 2.05) is 54.1 Å². The summed E-state index contributed by atoms with van der Waals surface area (Å²) in [5, 5.41) is 9.54.